The SMILES string of the molecule is c1ccc(N(c2ncno2)[Si](c2ccccc2)(c2ccccc2)c2ccccc2)cc1. The van der Waals surface area contributed by atoms with Gasteiger partial charge in [-0.2, -0.15) is 4.98 Å². The molecule has 1 heterocycles. The molecular weight excluding hydrogens is 398 g/mol. The summed E-state index contributed by atoms with van der Waals surface area (Å²) in [5.41, 5.74) is 1.01. The molecule has 0 bridgehead atoms. The van der Waals surface area contributed by atoms with Crippen LogP contribution in [-0.4, -0.2) is 18.4 Å². The number of hydrogen-bond donors (Lipinski definition) is 0. The van der Waals surface area contributed by atoms with Crippen molar-refractivity contribution < 1.29 is 4.52 Å². The first-order valence-corrected chi connectivity index (χ1v) is 12.1. The average Bonchev–Trinajstić information content (AvgIpc) is 3.39. The number of anilines is 2. The molecule has 4 nitrogen and oxygen atoms in total. The van der Waals surface area contributed by atoms with Crippen LogP contribution in [0.3, 0.4) is 0 Å². The maximum atomic E-state index is 5.72. The second-order valence-electron chi connectivity index (χ2n) is 7.20. The van der Waals surface area contributed by atoms with Crippen LogP contribution in [0.2, 0.25) is 0 Å². The highest BCUT2D eigenvalue weighted by atomic mass is 28.3. The van der Waals surface area contributed by atoms with Crippen molar-refractivity contribution in [3.05, 3.63) is 128 Å². The van der Waals surface area contributed by atoms with E-state index < -0.39 is 8.24 Å². The van der Waals surface area contributed by atoms with E-state index >= 15 is 0 Å². The third kappa shape index (κ3) is 3.35. The van der Waals surface area contributed by atoms with Crippen LogP contribution in [-0.2, 0) is 0 Å². The summed E-state index contributed by atoms with van der Waals surface area (Å²) in [5, 5.41) is 7.65. The second-order valence-corrected chi connectivity index (χ2v) is 10.8. The molecule has 4 aromatic carbocycles. The predicted octanol–water partition coefficient (Wildman–Crippen LogP) is 3.87. The first-order valence-electron chi connectivity index (χ1n) is 10.2. The molecular formula is C26H21N3OSi. The fourth-order valence-corrected chi connectivity index (χ4v) is 8.94. The van der Waals surface area contributed by atoms with Crippen molar-refractivity contribution >= 4 is 35.5 Å². The van der Waals surface area contributed by atoms with Crippen LogP contribution in [0.5, 0.6) is 0 Å². The van der Waals surface area contributed by atoms with Gasteiger partial charge in [0.2, 0.25) is 0 Å². The maximum absolute atomic E-state index is 5.72. The lowest BCUT2D eigenvalue weighted by atomic mass is 10.3. The summed E-state index contributed by atoms with van der Waals surface area (Å²) in [4.78, 5) is 4.52. The van der Waals surface area contributed by atoms with Gasteiger partial charge >= 0.3 is 6.01 Å². The minimum Gasteiger partial charge on any atom is -0.316 e. The smallest absolute Gasteiger partial charge is 0.316 e. The average molecular weight is 420 g/mol. The molecule has 0 amide bonds. The van der Waals surface area contributed by atoms with Crippen molar-refractivity contribution in [2.75, 3.05) is 4.57 Å². The molecule has 0 N–H and O–H groups in total. The Labute approximate surface area is 182 Å². The van der Waals surface area contributed by atoms with E-state index in [-0.39, 0.29) is 0 Å². The van der Waals surface area contributed by atoms with Gasteiger partial charge in [-0.15, -0.1) is 0 Å². The van der Waals surface area contributed by atoms with Crippen LogP contribution < -0.4 is 20.1 Å². The van der Waals surface area contributed by atoms with Crippen molar-refractivity contribution in [2.45, 2.75) is 0 Å². The van der Waals surface area contributed by atoms with Crippen molar-refractivity contribution in [1.29, 1.82) is 0 Å². The zero-order valence-corrected chi connectivity index (χ0v) is 17.9. The molecule has 0 aliphatic rings. The van der Waals surface area contributed by atoms with Gasteiger partial charge in [0.1, 0.15) is 0 Å². The van der Waals surface area contributed by atoms with Crippen LogP contribution in [0.25, 0.3) is 0 Å². The largest absolute Gasteiger partial charge is 0.321 e. The Balaban J connectivity index is 1.93. The Morgan fingerprint density at radius 3 is 1.35 bits per heavy atom. The molecule has 0 atom stereocenters. The summed E-state index contributed by atoms with van der Waals surface area (Å²) in [6.45, 7) is 0. The highest BCUT2D eigenvalue weighted by Crippen LogP contribution is 2.29. The van der Waals surface area contributed by atoms with E-state index in [0.717, 1.165) is 5.69 Å². The molecule has 31 heavy (non-hydrogen) atoms. The van der Waals surface area contributed by atoms with Gasteiger partial charge in [-0.25, -0.2) is 0 Å². The third-order valence-electron chi connectivity index (χ3n) is 5.47. The van der Waals surface area contributed by atoms with Gasteiger partial charge in [0.15, 0.2) is 6.33 Å². The van der Waals surface area contributed by atoms with Crippen molar-refractivity contribution in [3.8, 4) is 0 Å². The number of hydrogen-bond acceptors (Lipinski definition) is 4. The molecule has 0 fully saturated rings. The van der Waals surface area contributed by atoms with E-state index in [1.807, 2.05) is 18.2 Å². The van der Waals surface area contributed by atoms with Crippen LogP contribution in [0.15, 0.2) is 132 Å². The number of nitrogens with zero attached hydrogens (tertiary/aromatic N) is 3. The standard InChI is InChI=1S/C26H21N3OSi/c1-5-13-22(14-6-1)29(26-27-21-28-30-26)31(23-15-7-2-8-16-23,24-17-9-3-10-18-24)25-19-11-4-12-20-25/h1-21H. The van der Waals surface area contributed by atoms with Crippen molar-refractivity contribution in [3.63, 3.8) is 0 Å². The monoisotopic (exact) mass is 419 g/mol. The first kappa shape index (κ1) is 19.0. The van der Waals surface area contributed by atoms with Gasteiger partial charge in [-0.3, -0.25) is 0 Å². The minimum absolute atomic E-state index is 0.481. The Bertz CT molecular complexity index is 1120. The lowest BCUT2D eigenvalue weighted by Crippen LogP contribution is -2.76. The summed E-state index contributed by atoms with van der Waals surface area (Å²) < 4.78 is 7.98. The lowest BCUT2D eigenvalue weighted by Gasteiger charge is -2.42. The second kappa shape index (κ2) is 8.42. The number of benzene rings is 4. The van der Waals surface area contributed by atoms with Crippen LogP contribution >= 0.6 is 0 Å². The summed E-state index contributed by atoms with van der Waals surface area (Å²) in [6.07, 6.45) is 1.46. The molecule has 5 aromatic rings. The third-order valence-corrected chi connectivity index (χ3v) is 10.1. The van der Waals surface area contributed by atoms with Crippen molar-refractivity contribution in [2.24, 2.45) is 0 Å². The molecule has 0 unspecified atom stereocenters. The zero-order chi connectivity index (χ0) is 20.9. The topological polar surface area (TPSA) is 42.2 Å². The molecule has 150 valence electrons. The van der Waals surface area contributed by atoms with E-state index in [2.05, 4.69) is 118 Å². The molecule has 0 aliphatic carbocycles. The Hall–Kier alpha value is -3.96. The fraction of sp³-hybridized carbons (Fsp3) is 0. The van der Waals surface area contributed by atoms with Gasteiger partial charge in [0.25, 0.3) is 8.24 Å². The summed E-state index contributed by atoms with van der Waals surface area (Å²) in [6, 6.07) is 42.8. The molecule has 5 rings (SSSR count). The normalized spacial score (nSPS) is 11.2. The number of rotatable bonds is 6. The van der Waals surface area contributed by atoms with Gasteiger partial charge < -0.3 is 9.09 Å². The molecule has 0 saturated carbocycles. The quantitative estimate of drug-likeness (QED) is 0.309. The van der Waals surface area contributed by atoms with E-state index in [1.165, 1.54) is 21.9 Å². The lowest BCUT2D eigenvalue weighted by molar-refractivity contribution is 0.427. The van der Waals surface area contributed by atoms with Crippen LogP contribution in [0.4, 0.5) is 11.7 Å². The molecule has 1 aromatic heterocycles. The Morgan fingerprint density at radius 1 is 0.548 bits per heavy atom. The Kier molecular flexibility index (Phi) is 5.17. The van der Waals surface area contributed by atoms with Gasteiger partial charge in [0, 0.05) is 5.69 Å². The predicted molar refractivity (Wildman–Crippen MR) is 127 cm³/mol. The summed E-state index contributed by atoms with van der Waals surface area (Å²) in [7, 11) is -2.86. The summed E-state index contributed by atoms with van der Waals surface area (Å²) >= 11 is 0. The number of aromatic nitrogens is 2. The molecule has 0 aliphatic heterocycles. The van der Waals surface area contributed by atoms with E-state index in [0.29, 0.717) is 6.01 Å². The van der Waals surface area contributed by atoms with Gasteiger partial charge in [-0.1, -0.05) is 114 Å². The van der Waals surface area contributed by atoms with Crippen LogP contribution in [0, 0.1) is 0 Å². The molecule has 0 radical (unpaired) electrons. The van der Waals surface area contributed by atoms with Gasteiger partial charge in [-0.05, 0) is 27.7 Å². The highest BCUT2D eigenvalue weighted by molar-refractivity contribution is 7.14. The minimum atomic E-state index is -2.86. The zero-order valence-electron chi connectivity index (χ0n) is 16.9. The van der Waals surface area contributed by atoms with Crippen LogP contribution in [0.1, 0.15) is 0 Å². The highest BCUT2D eigenvalue weighted by Gasteiger charge is 2.48. The molecule has 5 heteroatoms. The molecule has 0 spiro atoms. The van der Waals surface area contributed by atoms with Crippen molar-refractivity contribution in [1.82, 2.24) is 10.1 Å². The number of para-hydroxylation sites is 1. The van der Waals surface area contributed by atoms with E-state index in [1.54, 1.807) is 0 Å². The molecule has 0 saturated heterocycles. The first-order chi connectivity index (χ1) is 15.4. The van der Waals surface area contributed by atoms with E-state index in [4.69, 9.17) is 4.52 Å². The Morgan fingerprint density at radius 2 is 0.968 bits per heavy atom. The van der Waals surface area contributed by atoms with E-state index in [9.17, 15) is 0 Å². The van der Waals surface area contributed by atoms with Gasteiger partial charge in [0.05, 0.1) is 0 Å². The maximum Gasteiger partial charge on any atom is 0.321 e. The summed E-state index contributed by atoms with van der Waals surface area (Å²) in [5.74, 6) is 0. The fourth-order valence-electron chi connectivity index (χ4n) is 4.22.